The molecule has 1 N–H and O–H groups in total. The monoisotopic (exact) mass is 324 g/mol. The van der Waals surface area contributed by atoms with Crippen molar-refractivity contribution in [2.75, 3.05) is 7.11 Å². The van der Waals surface area contributed by atoms with E-state index in [2.05, 4.69) is 10.4 Å². The molecule has 2 rings (SSSR count). The first kappa shape index (κ1) is 16.1. The van der Waals surface area contributed by atoms with Crippen LogP contribution in [0.3, 0.4) is 0 Å². The Morgan fingerprint density at radius 2 is 2.18 bits per heavy atom. The number of carbonyl (C=O) groups is 1. The quantitative estimate of drug-likeness (QED) is 0.885. The number of amides is 1. The fraction of sp³-hybridized carbons (Fsp3) is 0.357. The largest absolute Gasteiger partial charge is 0.496 e. The van der Waals surface area contributed by atoms with Crippen molar-refractivity contribution in [3.8, 4) is 5.75 Å². The Morgan fingerprint density at radius 1 is 1.45 bits per heavy atom. The van der Waals surface area contributed by atoms with E-state index in [-0.39, 0.29) is 24.7 Å². The molecule has 0 unspecified atom stereocenters. The van der Waals surface area contributed by atoms with Crippen LogP contribution in [0.4, 0.5) is 0 Å². The zero-order valence-electron chi connectivity index (χ0n) is 12.6. The first-order valence-electron chi connectivity index (χ1n) is 6.62. The number of ether oxygens (including phenoxy) is 1. The molecule has 0 aliphatic rings. The summed E-state index contributed by atoms with van der Waals surface area (Å²) in [5.74, 6) is 0.868. The summed E-state index contributed by atoms with van der Waals surface area (Å²) in [5.41, 5.74) is 0.431. The van der Waals surface area contributed by atoms with Crippen molar-refractivity contribution in [3.05, 3.63) is 45.1 Å². The van der Waals surface area contributed by atoms with E-state index in [4.69, 9.17) is 16.3 Å². The number of carbonyl (C=O) groups excluding carboxylic acids is 1. The maximum Gasteiger partial charge on any atom is 0.346 e. The first-order chi connectivity index (χ1) is 10.4. The molecular formula is C14H17ClN4O3. The van der Waals surface area contributed by atoms with E-state index in [1.165, 1.54) is 4.57 Å². The summed E-state index contributed by atoms with van der Waals surface area (Å²) in [6.45, 7) is 1.82. The number of halogens is 1. The predicted octanol–water partition coefficient (Wildman–Crippen LogP) is 0.869. The molecule has 0 aliphatic carbocycles. The smallest absolute Gasteiger partial charge is 0.346 e. The molecule has 1 amide bonds. The standard InChI is InChI=1S/C14H17ClN4O3/c1-9-17-19(14(21)18(9)2)8-13(20)16-7-10-6-11(15)4-5-12(10)22-3/h4-6H,7-8H2,1-3H3,(H,16,20). The Kier molecular flexibility index (Phi) is 4.87. The van der Waals surface area contributed by atoms with Crippen LogP contribution in [0.25, 0.3) is 0 Å². The number of benzene rings is 1. The number of rotatable bonds is 5. The van der Waals surface area contributed by atoms with Gasteiger partial charge in [0.15, 0.2) is 0 Å². The maximum absolute atomic E-state index is 11.9. The van der Waals surface area contributed by atoms with E-state index in [0.717, 1.165) is 10.2 Å². The van der Waals surface area contributed by atoms with Crippen LogP contribution in [0.1, 0.15) is 11.4 Å². The summed E-state index contributed by atoms with van der Waals surface area (Å²) in [6.07, 6.45) is 0. The molecular weight excluding hydrogens is 308 g/mol. The molecule has 22 heavy (non-hydrogen) atoms. The zero-order chi connectivity index (χ0) is 16.3. The topological polar surface area (TPSA) is 78.2 Å². The van der Waals surface area contributed by atoms with Crippen LogP contribution >= 0.6 is 11.6 Å². The van der Waals surface area contributed by atoms with Gasteiger partial charge in [0.05, 0.1) is 7.11 Å². The lowest BCUT2D eigenvalue weighted by Crippen LogP contribution is -2.33. The fourth-order valence-electron chi connectivity index (χ4n) is 1.97. The van der Waals surface area contributed by atoms with Crippen molar-refractivity contribution in [2.45, 2.75) is 20.0 Å². The molecule has 1 heterocycles. The summed E-state index contributed by atoms with van der Waals surface area (Å²) >= 11 is 5.93. The maximum atomic E-state index is 11.9. The van der Waals surface area contributed by atoms with Gasteiger partial charge in [-0.05, 0) is 25.1 Å². The van der Waals surface area contributed by atoms with Gasteiger partial charge in [0.2, 0.25) is 5.91 Å². The molecule has 0 aliphatic heterocycles. The lowest BCUT2D eigenvalue weighted by atomic mass is 10.2. The third-order valence-corrected chi connectivity index (χ3v) is 3.51. The van der Waals surface area contributed by atoms with E-state index in [1.807, 2.05) is 0 Å². The second kappa shape index (κ2) is 6.65. The average molecular weight is 325 g/mol. The van der Waals surface area contributed by atoms with E-state index >= 15 is 0 Å². The van der Waals surface area contributed by atoms with Crippen molar-refractivity contribution >= 4 is 17.5 Å². The molecule has 7 nitrogen and oxygen atoms in total. The van der Waals surface area contributed by atoms with Crippen molar-refractivity contribution in [1.82, 2.24) is 19.7 Å². The zero-order valence-corrected chi connectivity index (χ0v) is 13.3. The van der Waals surface area contributed by atoms with E-state index in [1.54, 1.807) is 39.3 Å². The van der Waals surface area contributed by atoms with E-state index in [0.29, 0.717) is 16.6 Å². The fourth-order valence-corrected chi connectivity index (χ4v) is 2.16. The highest BCUT2D eigenvalue weighted by molar-refractivity contribution is 6.30. The van der Waals surface area contributed by atoms with Gasteiger partial charge >= 0.3 is 5.69 Å². The van der Waals surface area contributed by atoms with Crippen LogP contribution in [0.5, 0.6) is 5.75 Å². The van der Waals surface area contributed by atoms with Gasteiger partial charge in [-0.1, -0.05) is 11.6 Å². The van der Waals surface area contributed by atoms with Crippen LogP contribution in [-0.2, 0) is 24.9 Å². The van der Waals surface area contributed by atoms with Gasteiger partial charge in [-0.25, -0.2) is 9.48 Å². The molecule has 0 spiro atoms. The molecule has 2 aromatic rings. The lowest BCUT2D eigenvalue weighted by Gasteiger charge is -2.10. The van der Waals surface area contributed by atoms with Gasteiger partial charge in [-0.2, -0.15) is 5.10 Å². The second-order valence-electron chi connectivity index (χ2n) is 4.78. The van der Waals surface area contributed by atoms with Crippen LogP contribution in [0.15, 0.2) is 23.0 Å². The number of aromatic nitrogens is 3. The van der Waals surface area contributed by atoms with Gasteiger partial charge in [0.25, 0.3) is 0 Å². The van der Waals surface area contributed by atoms with Crippen LogP contribution < -0.4 is 15.7 Å². The van der Waals surface area contributed by atoms with Gasteiger partial charge in [0, 0.05) is 24.2 Å². The minimum absolute atomic E-state index is 0.136. The molecule has 0 radical (unpaired) electrons. The first-order valence-corrected chi connectivity index (χ1v) is 6.99. The predicted molar refractivity (Wildman–Crippen MR) is 82.1 cm³/mol. The minimum atomic E-state index is -0.326. The third kappa shape index (κ3) is 3.48. The van der Waals surface area contributed by atoms with Crippen LogP contribution in [-0.4, -0.2) is 27.4 Å². The number of methoxy groups -OCH3 is 1. The number of hydrogen-bond acceptors (Lipinski definition) is 4. The van der Waals surface area contributed by atoms with Crippen molar-refractivity contribution in [2.24, 2.45) is 7.05 Å². The summed E-state index contributed by atoms with van der Waals surface area (Å²) in [6, 6.07) is 5.16. The highest BCUT2D eigenvalue weighted by Gasteiger charge is 2.11. The number of aryl methyl sites for hydroxylation is 1. The normalized spacial score (nSPS) is 10.5. The molecule has 8 heteroatoms. The van der Waals surface area contributed by atoms with Crippen LogP contribution in [0, 0.1) is 6.92 Å². The number of nitrogens with zero attached hydrogens (tertiary/aromatic N) is 3. The molecule has 0 bridgehead atoms. The van der Waals surface area contributed by atoms with Crippen molar-refractivity contribution in [3.63, 3.8) is 0 Å². The van der Waals surface area contributed by atoms with Gasteiger partial charge in [-0.3, -0.25) is 9.36 Å². The van der Waals surface area contributed by atoms with E-state index in [9.17, 15) is 9.59 Å². The summed E-state index contributed by atoms with van der Waals surface area (Å²) in [4.78, 5) is 23.7. The van der Waals surface area contributed by atoms with Crippen molar-refractivity contribution < 1.29 is 9.53 Å². The molecule has 0 saturated carbocycles. The summed E-state index contributed by atoms with van der Waals surface area (Å²) < 4.78 is 7.72. The summed E-state index contributed by atoms with van der Waals surface area (Å²) in [5, 5.41) is 7.29. The summed E-state index contributed by atoms with van der Waals surface area (Å²) in [7, 11) is 3.15. The molecule has 1 aromatic heterocycles. The molecule has 0 fully saturated rings. The van der Waals surface area contributed by atoms with Gasteiger partial charge in [-0.15, -0.1) is 0 Å². The molecule has 1 aromatic carbocycles. The SMILES string of the molecule is COc1ccc(Cl)cc1CNC(=O)Cn1nc(C)n(C)c1=O. The highest BCUT2D eigenvalue weighted by atomic mass is 35.5. The van der Waals surface area contributed by atoms with Gasteiger partial charge in [0.1, 0.15) is 18.1 Å². The third-order valence-electron chi connectivity index (χ3n) is 3.27. The Morgan fingerprint density at radius 3 is 2.77 bits per heavy atom. The lowest BCUT2D eigenvalue weighted by molar-refractivity contribution is -0.122. The number of nitrogens with one attached hydrogen (secondary N) is 1. The van der Waals surface area contributed by atoms with Crippen LogP contribution in [0.2, 0.25) is 5.02 Å². The Balaban J connectivity index is 2.03. The molecule has 0 saturated heterocycles. The second-order valence-corrected chi connectivity index (χ2v) is 5.22. The number of hydrogen-bond donors (Lipinski definition) is 1. The Labute approximate surface area is 132 Å². The minimum Gasteiger partial charge on any atom is -0.496 e. The van der Waals surface area contributed by atoms with Crippen molar-refractivity contribution in [1.29, 1.82) is 0 Å². The van der Waals surface area contributed by atoms with Gasteiger partial charge < -0.3 is 10.1 Å². The Bertz CT molecular complexity index is 751. The molecule has 118 valence electrons. The average Bonchev–Trinajstić information content (AvgIpc) is 2.72. The van der Waals surface area contributed by atoms with E-state index < -0.39 is 0 Å². The molecule has 0 atom stereocenters. The highest BCUT2D eigenvalue weighted by Crippen LogP contribution is 2.22. The Hall–Kier alpha value is -2.28.